The van der Waals surface area contributed by atoms with Crippen molar-refractivity contribution >= 4 is 5.91 Å². The minimum Gasteiger partial charge on any atom is -0.379 e. The predicted molar refractivity (Wildman–Crippen MR) is 92.5 cm³/mol. The maximum atomic E-state index is 13.9. The average molecular weight is 378 g/mol. The first-order valence-electron chi connectivity index (χ1n) is 8.58. The number of amides is 1. The Hall–Kier alpha value is -2.65. The number of aromatic nitrogens is 2. The van der Waals surface area contributed by atoms with Crippen LogP contribution >= 0.6 is 0 Å². The van der Waals surface area contributed by atoms with Crippen LogP contribution in [0.3, 0.4) is 0 Å². The number of hydrogen-bond donors (Lipinski definition) is 3. The van der Waals surface area contributed by atoms with Crippen LogP contribution in [-0.4, -0.2) is 44.6 Å². The topological polar surface area (TPSA) is 98.3 Å². The normalized spacial score (nSPS) is 20.1. The molecular formula is C18H20F2N4O3. The van der Waals surface area contributed by atoms with E-state index >= 15 is 0 Å². The second kappa shape index (κ2) is 7.93. The molecule has 0 aliphatic carbocycles. The molecule has 2 aromatic rings. The molecule has 1 atom stereocenters. The van der Waals surface area contributed by atoms with E-state index in [0.717, 1.165) is 6.07 Å². The summed E-state index contributed by atoms with van der Waals surface area (Å²) in [6.07, 6.45) is 2.06. The summed E-state index contributed by atoms with van der Waals surface area (Å²) in [6.45, 7) is 0.410. The van der Waals surface area contributed by atoms with Crippen molar-refractivity contribution in [2.75, 3.05) is 13.1 Å². The quantitative estimate of drug-likeness (QED) is 0.687. The number of nitrogens with one attached hydrogen (secondary N) is 2. The van der Waals surface area contributed by atoms with Gasteiger partial charge in [0.15, 0.2) is 17.2 Å². The Morgan fingerprint density at radius 2 is 2.15 bits per heavy atom. The van der Waals surface area contributed by atoms with Crippen LogP contribution in [0, 0.1) is 11.6 Å². The summed E-state index contributed by atoms with van der Waals surface area (Å²) in [5, 5.41) is 13.7. The Morgan fingerprint density at radius 1 is 1.33 bits per heavy atom. The Kier molecular flexibility index (Phi) is 5.62. The van der Waals surface area contributed by atoms with Gasteiger partial charge in [-0.15, -0.1) is 0 Å². The molecule has 27 heavy (non-hydrogen) atoms. The Morgan fingerprint density at radius 3 is 2.93 bits per heavy atom. The molecule has 1 amide bonds. The number of carbonyl (C=O) groups is 1. The van der Waals surface area contributed by atoms with Gasteiger partial charge in [0.25, 0.3) is 11.5 Å². The minimum atomic E-state index is -1.65. The van der Waals surface area contributed by atoms with Crippen LogP contribution in [0.4, 0.5) is 8.78 Å². The van der Waals surface area contributed by atoms with Gasteiger partial charge in [-0.1, -0.05) is 12.1 Å². The van der Waals surface area contributed by atoms with E-state index in [1.165, 1.54) is 29.4 Å². The number of piperidine rings is 1. The fourth-order valence-electron chi connectivity index (χ4n) is 3.16. The Balaban J connectivity index is 1.64. The molecule has 7 nitrogen and oxygen atoms in total. The first-order valence-corrected chi connectivity index (χ1v) is 8.58. The monoisotopic (exact) mass is 378 g/mol. The highest BCUT2D eigenvalue weighted by atomic mass is 19.2. The van der Waals surface area contributed by atoms with E-state index in [2.05, 4.69) is 15.3 Å². The standard InChI is InChI=1S/C18H20F2N4O3/c19-14-4-1-3-12(16(14)20)9-24-6-2-5-18(27,17(24)26)10-21-8-13-7-15(25)23-11-22-13/h1,3-4,7,11,21,27H,2,5-6,8-10H2,(H,22,23,25)/t18-/m0/s1. The van der Waals surface area contributed by atoms with Crippen LogP contribution in [0.1, 0.15) is 24.1 Å². The highest BCUT2D eigenvalue weighted by Crippen LogP contribution is 2.25. The third-order valence-corrected chi connectivity index (χ3v) is 4.55. The van der Waals surface area contributed by atoms with Gasteiger partial charge in [0, 0.05) is 37.8 Å². The van der Waals surface area contributed by atoms with Gasteiger partial charge >= 0.3 is 0 Å². The molecule has 0 unspecified atom stereocenters. The van der Waals surface area contributed by atoms with Gasteiger partial charge in [0.2, 0.25) is 0 Å². The van der Waals surface area contributed by atoms with Crippen LogP contribution in [0.2, 0.25) is 0 Å². The van der Waals surface area contributed by atoms with Crippen LogP contribution < -0.4 is 10.9 Å². The van der Waals surface area contributed by atoms with Crippen LogP contribution in [-0.2, 0) is 17.9 Å². The summed E-state index contributed by atoms with van der Waals surface area (Å²) < 4.78 is 27.2. The molecule has 2 heterocycles. The summed E-state index contributed by atoms with van der Waals surface area (Å²) in [5.41, 5.74) is -1.40. The van der Waals surface area contributed by atoms with Gasteiger partial charge in [-0.25, -0.2) is 13.8 Å². The fraction of sp³-hybridized carbons (Fsp3) is 0.389. The van der Waals surface area contributed by atoms with Crippen molar-refractivity contribution in [3.63, 3.8) is 0 Å². The molecule has 0 bridgehead atoms. The maximum absolute atomic E-state index is 13.9. The summed E-state index contributed by atoms with van der Waals surface area (Å²) in [6, 6.07) is 5.12. The van der Waals surface area contributed by atoms with E-state index in [1.54, 1.807) is 0 Å². The number of aromatic amines is 1. The number of likely N-dealkylation sites (tertiary alicyclic amines) is 1. The number of halogens is 2. The number of rotatable bonds is 6. The molecule has 1 aromatic carbocycles. The molecule has 3 rings (SSSR count). The SMILES string of the molecule is O=C1N(Cc2cccc(F)c2F)CCC[C@]1(O)CNCc1cc(=O)[nH]cn1. The lowest BCUT2D eigenvalue weighted by atomic mass is 9.91. The zero-order valence-corrected chi connectivity index (χ0v) is 14.5. The van der Waals surface area contributed by atoms with Gasteiger partial charge in [0.05, 0.1) is 12.0 Å². The number of benzene rings is 1. The zero-order valence-electron chi connectivity index (χ0n) is 14.5. The van der Waals surface area contributed by atoms with Gasteiger partial charge in [-0.05, 0) is 18.9 Å². The zero-order chi connectivity index (χ0) is 19.4. The third-order valence-electron chi connectivity index (χ3n) is 4.55. The van der Waals surface area contributed by atoms with E-state index in [0.29, 0.717) is 18.7 Å². The smallest absolute Gasteiger partial charge is 0.256 e. The summed E-state index contributed by atoms with van der Waals surface area (Å²) in [7, 11) is 0. The summed E-state index contributed by atoms with van der Waals surface area (Å²) in [4.78, 5) is 31.7. The van der Waals surface area contributed by atoms with Crippen LogP contribution in [0.5, 0.6) is 0 Å². The largest absolute Gasteiger partial charge is 0.379 e. The summed E-state index contributed by atoms with van der Waals surface area (Å²) in [5.74, 6) is -2.50. The predicted octanol–water partition coefficient (Wildman–Crippen LogP) is 0.691. The van der Waals surface area contributed by atoms with Crippen molar-refractivity contribution in [1.82, 2.24) is 20.2 Å². The molecule has 9 heteroatoms. The molecule has 144 valence electrons. The van der Waals surface area contributed by atoms with Crippen molar-refractivity contribution in [3.05, 3.63) is 63.8 Å². The number of nitrogens with zero attached hydrogens (tertiary/aromatic N) is 2. The van der Waals surface area contributed by atoms with Crippen molar-refractivity contribution in [2.45, 2.75) is 31.5 Å². The third kappa shape index (κ3) is 4.37. The maximum Gasteiger partial charge on any atom is 0.256 e. The number of aliphatic hydroxyl groups is 1. The van der Waals surface area contributed by atoms with E-state index in [4.69, 9.17) is 0 Å². The van der Waals surface area contributed by atoms with E-state index in [1.807, 2.05) is 0 Å². The molecule has 0 saturated carbocycles. The average Bonchev–Trinajstić information content (AvgIpc) is 2.63. The number of hydrogen-bond acceptors (Lipinski definition) is 5. The van der Waals surface area contributed by atoms with Crippen LogP contribution in [0.25, 0.3) is 0 Å². The van der Waals surface area contributed by atoms with E-state index in [9.17, 15) is 23.5 Å². The van der Waals surface area contributed by atoms with Gasteiger partial charge in [-0.2, -0.15) is 0 Å². The molecule has 0 spiro atoms. The minimum absolute atomic E-state index is 0.0392. The Bertz CT molecular complexity index is 889. The van der Waals surface area contributed by atoms with E-state index in [-0.39, 0.29) is 37.2 Å². The lowest BCUT2D eigenvalue weighted by molar-refractivity contribution is -0.157. The highest BCUT2D eigenvalue weighted by Gasteiger charge is 2.42. The molecule has 0 radical (unpaired) electrons. The van der Waals surface area contributed by atoms with Gasteiger partial charge in [0.1, 0.15) is 0 Å². The molecule has 1 aliphatic rings. The lowest BCUT2D eigenvalue weighted by Gasteiger charge is -2.38. The number of H-pyrrole nitrogens is 1. The van der Waals surface area contributed by atoms with Crippen LogP contribution in [0.15, 0.2) is 35.4 Å². The number of carbonyl (C=O) groups excluding carboxylic acids is 1. The van der Waals surface area contributed by atoms with Crippen molar-refractivity contribution in [3.8, 4) is 0 Å². The van der Waals surface area contributed by atoms with Crippen molar-refractivity contribution < 1.29 is 18.7 Å². The van der Waals surface area contributed by atoms with Gasteiger partial charge in [-0.3, -0.25) is 9.59 Å². The molecule has 1 fully saturated rings. The van der Waals surface area contributed by atoms with Gasteiger partial charge < -0.3 is 20.3 Å². The first kappa shape index (κ1) is 19.1. The molecule has 3 N–H and O–H groups in total. The molecule has 1 aliphatic heterocycles. The highest BCUT2D eigenvalue weighted by molar-refractivity contribution is 5.86. The lowest BCUT2D eigenvalue weighted by Crippen LogP contribution is -2.57. The first-order chi connectivity index (χ1) is 12.9. The van der Waals surface area contributed by atoms with Crippen molar-refractivity contribution in [1.29, 1.82) is 0 Å². The van der Waals surface area contributed by atoms with Crippen molar-refractivity contribution in [2.24, 2.45) is 0 Å². The second-order valence-electron chi connectivity index (χ2n) is 6.58. The second-order valence-corrected chi connectivity index (χ2v) is 6.58. The molecule has 1 aromatic heterocycles. The Labute approximate surface area is 154 Å². The summed E-state index contributed by atoms with van der Waals surface area (Å²) >= 11 is 0. The van der Waals surface area contributed by atoms with E-state index < -0.39 is 23.1 Å². The fourth-order valence-corrected chi connectivity index (χ4v) is 3.16. The molecular weight excluding hydrogens is 358 g/mol. The molecule has 1 saturated heterocycles.